The fraction of sp³-hybridized carbons (Fsp3) is 0.455. The highest BCUT2D eigenvalue weighted by molar-refractivity contribution is 5.48. The molecule has 16 heavy (non-hydrogen) atoms. The van der Waals surface area contributed by atoms with Crippen LogP contribution in [0.4, 0.5) is 5.69 Å². The lowest BCUT2D eigenvalue weighted by molar-refractivity contribution is -0.385. The molecule has 5 nitrogen and oxygen atoms in total. The number of hydrogen-bond acceptors (Lipinski definition) is 4. The Morgan fingerprint density at radius 3 is 2.31 bits per heavy atom. The van der Waals surface area contributed by atoms with Gasteiger partial charge in [0.05, 0.1) is 4.92 Å². The van der Waals surface area contributed by atoms with Crippen molar-refractivity contribution >= 4 is 5.69 Å². The van der Waals surface area contributed by atoms with Crippen molar-refractivity contribution in [3.8, 4) is 5.75 Å². The first kappa shape index (κ1) is 12.4. The van der Waals surface area contributed by atoms with Crippen molar-refractivity contribution in [2.45, 2.75) is 26.8 Å². The number of nitrogens with two attached hydrogens (primary N) is 1. The Labute approximate surface area is 94.4 Å². The largest absolute Gasteiger partial charge is 0.491 e. The van der Waals surface area contributed by atoms with E-state index in [1.165, 1.54) is 12.1 Å². The summed E-state index contributed by atoms with van der Waals surface area (Å²) in [7, 11) is 0. The molecule has 0 radical (unpaired) electrons. The highest BCUT2D eigenvalue weighted by atomic mass is 16.6. The van der Waals surface area contributed by atoms with Crippen LogP contribution in [-0.4, -0.2) is 17.6 Å². The van der Waals surface area contributed by atoms with Gasteiger partial charge in [-0.05, 0) is 31.9 Å². The molecule has 0 bridgehead atoms. The summed E-state index contributed by atoms with van der Waals surface area (Å²) < 4.78 is 5.52. The molecule has 0 fully saturated rings. The second kappa shape index (κ2) is 4.94. The Morgan fingerprint density at radius 1 is 1.44 bits per heavy atom. The van der Waals surface area contributed by atoms with Crippen LogP contribution in [0, 0.1) is 24.0 Å². The number of nitro benzene ring substituents is 1. The van der Waals surface area contributed by atoms with Gasteiger partial charge in [0.1, 0.15) is 12.4 Å². The second-order valence-corrected chi connectivity index (χ2v) is 3.95. The van der Waals surface area contributed by atoms with Gasteiger partial charge in [0, 0.05) is 18.2 Å². The highest BCUT2D eigenvalue weighted by Gasteiger charge is 2.13. The molecule has 0 aliphatic heterocycles. The first-order chi connectivity index (χ1) is 7.41. The van der Waals surface area contributed by atoms with Crippen LogP contribution < -0.4 is 10.5 Å². The molecule has 0 saturated carbocycles. The SMILES string of the molecule is Cc1cc([N+](=O)[O-])cc(C)c1OCC(C)N. The zero-order valence-corrected chi connectivity index (χ0v) is 9.69. The molecule has 0 saturated heterocycles. The number of non-ortho nitro benzene ring substituents is 1. The van der Waals surface area contributed by atoms with E-state index >= 15 is 0 Å². The number of ether oxygens (including phenoxy) is 1. The fourth-order valence-electron chi connectivity index (χ4n) is 1.48. The summed E-state index contributed by atoms with van der Waals surface area (Å²) >= 11 is 0. The lowest BCUT2D eigenvalue weighted by Gasteiger charge is -2.13. The second-order valence-electron chi connectivity index (χ2n) is 3.95. The topological polar surface area (TPSA) is 78.4 Å². The number of nitrogens with zero attached hydrogens (tertiary/aromatic N) is 1. The van der Waals surface area contributed by atoms with Gasteiger partial charge in [-0.25, -0.2) is 0 Å². The van der Waals surface area contributed by atoms with Gasteiger partial charge in [0.25, 0.3) is 5.69 Å². The molecular weight excluding hydrogens is 208 g/mol. The van der Waals surface area contributed by atoms with Crippen LogP contribution in [-0.2, 0) is 0 Å². The van der Waals surface area contributed by atoms with Crippen molar-refractivity contribution in [3.05, 3.63) is 33.4 Å². The first-order valence-corrected chi connectivity index (χ1v) is 5.06. The molecule has 0 spiro atoms. The van der Waals surface area contributed by atoms with Gasteiger partial charge in [0.15, 0.2) is 0 Å². The quantitative estimate of drug-likeness (QED) is 0.626. The average molecular weight is 224 g/mol. The summed E-state index contributed by atoms with van der Waals surface area (Å²) in [5.74, 6) is 0.683. The molecule has 0 aromatic heterocycles. The maximum absolute atomic E-state index is 10.6. The molecule has 1 atom stereocenters. The Kier molecular flexibility index (Phi) is 3.84. The maximum atomic E-state index is 10.6. The number of hydrogen-bond donors (Lipinski definition) is 1. The number of rotatable bonds is 4. The zero-order valence-electron chi connectivity index (χ0n) is 9.69. The van der Waals surface area contributed by atoms with Crippen molar-refractivity contribution in [2.24, 2.45) is 5.73 Å². The summed E-state index contributed by atoms with van der Waals surface area (Å²) in [6, 6.07) is 2.95. The van der Waals surface area contributed by atoms with Crippen LogP contribution in [0.2, 0.25) is 0 Å². The lowest BCUT2D eigenvalue weighted by Crippen LogP contribution is -2.24. The van der Waals surface area contributed by atoms with E-state index in [0.717, 1.165) is 11.1 Å². The summed E-state index contributed by atoms with van der Waals surface area (Å²) in [5.41, 5.74) is 7.19. The molecule has 88 valence electrons. The Balaban J connectivity index is 2.98. The molecular formula is C11H16N2O3. The average Bonchev–Trinajstić information content (AvgIpc) is 2.15. The number of benzene rings is 1. The van der Waals surface area contributed by atoms with Gasteiger partial charge in [-0.2, -0.15) is 0 Å². The number of aryl methyl sites for hydroxylation is 2. The smallest absolute Gasteiger partial charge is 0.270 e. The van der Waals surface area contributed by atoms with Crippen molar-refractivity contribution in [2.75, 3.05) is 6.61 Å². The monoisotopic (exact) mass is 224 g/mol. The van der Waals surface area contributed by atoms with E-state index in [2.05, 4.69) is 0 Å². The molecule has 1 rings (SSSR count). The van der Waals surface area contributed by atoms with Gasteiger partial charge >= 0.3 is 0 Å². The third kappa shape index (κ3) is 2.93. The normalized spacial score (nSPS) is 12.2. The predicted octanol–water partition coefficient (Wildman–Crippen LogP) is 1.94. The van der Waals surface area contributed by atoms with E-state index in [9.17, 15) is 10.1 Å². The molecule has 0 aliphatic rings. The van der Waals surface area contributed by atoms with E-state index < -0.39 is 4.92 Å². The minimum atomic E-state index is -0.407. The molecule has 1 unspecified atom stereocenters. The molecule has 1 aromatic carbocycles. The summed E-state index contributed by atoms with van der Waals surface area (Å²) in [5, 5.41) is 10.6. The van der Waals surface area contributed by atoms with E-state index in [4.69, 9.17) is 10.5 Å². The fourth-order valence-corrected chi connectivity index (χ4v) is 1.48. The third-order valence-corrected chi connectivity index (χ3v) is 2.15. The van der Waals surface area contributed by atoms with Crippen molar-refractivity contribution < 1.29 is 9.66 Å². The molecule has 0 aliphatic carbocycles. The Bertz CT molecular complexity index is 379. The predicted molar refractivity (Wildman–Crippen MR) is 61.7 cm³/mol. The van der Waals surface area contributed by atoms with Gasteiger partial charge in [-0.1, -0.05) is 0 Å². The summed E-state index contributed by atoms with van der Waals surface area (Å²) in [4.78, 5) is 10.2. The van der Waals surface area contributed by atoms with Crippen LogP contribution in [0.5, 0.6) is 5.75 Å². The Morgan fingerprint density at radius 2 is 1.94 bits per heavy atom. The minimum Gasteiger partial charge on any atom is -0.491 e. The van der Waals surface area contributed by atoms with Gasteiger partial charge in [-0.15, -0.1) is 0 Å². The number of nitro groups is 1. The van der Waals surface area contributed by atoms with Crippen LogP contribution in [0.3, 0.4) is 0 Å². The summed E-state index contributed by atoms with van der Waals surface area (Å²) in [6.45, 7) is 5.82. The van der Waals surface area contributed by atoms with Gasteiger partial charge in [-0.3, -0.25) is 10.1 Å². The first-order valence-electron chi connectivity index (χ1n) is 5.06. The molecule has 1 aromatic rings. The van der Waals surface area contributed by atoms with Crippen molar-refractivity contribution in [1.82, 2.24) is 0 Å². The van der Waals surface area contributed by atoms with Gasteiger partial charge in [0.2, 0.25) is 0 Å². The molecule has 0 amide bonds. The van der Waals surface area contributed by atoms with Crippen molar-refractivity contribution in [1.29, 1.82) is 0 Å². The zero-order chi connectivity index (χ0) is 12.3. The van der Waals surface area contributed by atoms with E-state index in [0.29, 0.717) is 12.4 Å². The van der Waals surface area contributed by atoms with E-state index in [1.54, 1.807) is 13.8 Å². The molecule has 5 heteroatoms. The van der Waals surface area contributed by atoms with Crippen molar-refractivity contribution in [3.63, 3.8) is 0 Å². The van der Waals surface area contributed by atoms with Crippen LogP contribution in [0.1, 0.15) is 18.1 Å². The Hall–Kier alpha value is -1.62. The van der Waals surface area contributed by atoms with Crippen LogP contribution in [0.25, 0.3) is 0 Å². The third-order valence-electron chi connectivity index (χ3n) is 2.15. The molecule has 2 N–H and O–H groups in total. The minimum absolute atomic E-state index is 0.0611. The van der Waals surface area contributed by atoms with Gasteiger partial charge < -0.3 is 10.5 Å². The standard InChI is InChI=1S/C11H16N2O3/c1-7-4-10(13(14)15)5-8(2)11(7)16-6-9(3)12/h4-5,9H,6,12H2,1-3H3. The van der Waals surface area contributed by atoms with E-state index in [1.807, 2.05) is 6.92 Å². The maximum Gasteiger partial charge on any atom is 0.270 e. The van der Waals surface area contributed by atoms with Crippen LogP contribution >= 0.6 is 0 Å². The van der Waals surface area contributed by atoms with Crippen LogP contribution in [0.15, 0.2) is 12.1 Å². The molecule has 0 heterocycles. The highest BCUT2D eigenvalue weighted by Crippen LogP contribution is 2.28. The lowest BCUT2D eigenvalue weighted by atomic mass is 10.1. The summed E-state index contributed by atoms with van der Waals surface area (Å²) in [6.07, 6.45) is 0. The van der Waals surface area contributed by atoms with E-state index in [-0.39, 0.29) is 11.7 Å².